The molecule has 2 atom stereocenters. The van der Waals surface area contributed by atoms with E-state index in [1.54, 1.807) is 4.90 Å². The zero-order valence-electron chi connectivity index (χ0n) is 21.8. The predicted octanol–water partition coefficient (Wildman–Crippen LogP) is 4.23. The molecule has 7 heteroatoms. The van der Waals surface area contributed by atoms with Crippen LogP contribution in [0.15, 0.2) is 84.9 Å². The summed E-state index contributed by atoms with van der Waals surface area (Å²) in [6.07, 6.45) is 0.698. The van der Waals surface area contributed by atoms with Crippen LogP contribution in [0.5, 0.6) is 0 Å². The highest BCUT2D eigenvalue weighted by molar-refractivity contribution is 5.85. The van der Waals surface area contributed by atoms with Crippen LogP contribution >= 0.6 is 0 Å². The molecule has 7 nitrogen and oxygen atoms in total. The molecule has 1 aliphatic rings. The molecule has 0 bridgehead atoms. The van der Waals surface area contributed by atoms with Gasteiger partial charge >= 0.3 is 6.03 Å². The zero-order chi connectivity index (χ0) is 26.4. The van der Waals surface area contributed by atoms with E-state index in [1.807, 2.05) is 91.9 Å². The molecule has 3 aromatic carbocycles. The first kappa shape index (κ1) is 26.4. The fourth-order valence-electron chi connectivity index (χ4n) is 5.07. The third-order valence-corrected chi connectivity index (χ3v) is 6.98. The Morgan fingerprint density at radius 1 is 0.946 bits per heavy atom. The van der Waals surface area contributed by atoms with Crippen molar-refractivity contribution < 1.29 is 14.6 Å². The second kappa shape index (κ2) is 11.6. The number of carbonyl (C=O) groups is 2. The van der Waals surface area contributed by atoms with Gasteiger partial charge in [-0.15, -0.1) is 0 Å². The number of rotatable bonds is 9. The molecule has 4 rings (SSSR count). The summed E-state index contributed by atoms with van der Waals surface area (Å²) in [5.74, 6) is 8.80. The molecule has 194 valence electrons. The lowest BCUT2D eigenvalue weighted by Gasteiger charge is -2.32. The smallest absolute Gasteiger partial charge is 0.315 e. The van der Waals surface area contributed by atoms with E-state index in [4.69, 9.17) is 5.84 Å². The molecular formula is C30H37N5O2. The van der Waals surface area contributed by atoms with Gasteiger partial charge in [-0.05, 0) is 35.1 Å². The van der Waals surface area contributed by atoms with Crippen molar-refractivity contribution in [2.45, 2.75) is 51.9 Å². The lowest BCUT2D eigenvalue weighted by atomic mass is 9.90. The topological polar surface area (TPSA) is 89.7 Å². The lowest BCUT2D eigenvalue weighted by molar-refractivity contribution is -0.888. The minimum atomic E-state index is -0.692. The first-order valence-corrected chi connectivity index (χ1v) is 12.9. The number of carbonyl (C=O) groups excluding carboxylic acids is 2. The highest BCUT2D eigenvalue weighted by Gasteiger charge is 2.49. The fourth-order valence-corrected chi connectivity index (χ4v) is 5.07. The summed E-state index contributed by atoms with van der Waals surface area (Å²) in [5, 5.41) is 6.56. The van der Waals surface area contributed by atoms with E-state index in [2.05, 4.69) is 24.5 Å². The SMILES string of the molecule is CC(C)CC1(C)C(=O)N(Cc2ccc(CNC(=O)NC(c3ccccc3)c3ccccc3)cc2)C[NH+]1[NH-]. The van der Waals surface area contributed by atoms with Crippen LogP contribution in [0.1, 0.15) is 55.5 Å². The second-order valence-corrected chi connectivity index (χ2v) is 10.5. The van der Waals surface area contributed by atoms with Crippen LogP contribution in [0.4, 0.5) is 4.79 Å². The van der Waals surface area contributed by atoms with Crippen molar-refractivity contribution in [1.29, 1.82) is 0 Å². The maximum Gasteiger partial charge on any atom is 0.315 e. The molecule has 0 saturated carbocycles. The Morgan fingerprint density at radius 2 is 1.49 bits per heavy atom. The van der Waals surface area contributed by atoms with Crippen LogP contribution in [-0.4, -0.2) is 29.0 Å². The van der Waals surface area contributed by atoms with Gasteiger partial charge in [0.25, 0.3) is 5.91 Å². The standard InChI is InChI=1S/C30H37N5O2/c1-22(2)18-30(3)28(36)34(21-35(30)31)20-24-16-14-23(15-17-24)19-32-29(37)33-27(25-10-6-4-7-11-25)26-12-8-5-9-13-26/h4-17,22,27,31,35H,18-21H2,1-3H3,(H2,32,33,37). The Kier molecular flexibility index (Phi) is 8.26. The Labute approximate surface area is 219 Å². The minimum absolute atomic E-state index is 0.0417. The average molecular weight is 500 g/mol. The van der Waals surface area contributed by atoms with E-state index >= 15 is 0 Å². The first-order valence-electron chi connectivity index (χ1n) is 12.9. The molecule has 1 heterocycles. The molecule has 1 saturated heterocycles. The van der Waals surface area contributed by atoms with Gasteiger partial charge in [0.05, 0.1) is 12.6 Å². The molecule has 0 aliphatic carbocycles. The van der Waals surface area contributed by atoms with Gasteiger partial charge in [-0.1, -0.05) is 98.8 Å². The monoisotopic (exact) mass is 499 g/mol. The highest BCUT2D eigenvalue weighted by Crippen LogP contribution is 2.23. The molecule has 1 fully saturated rings. The minimum Gasteiger partial charge on any atom is -0.467 e. The largest absolute Gasteiger partial charge is 0.467 e. The normalized spacial score (nSPS) is 19.5. The van der Waals surface area contributed by atoms with Crippen molar-refractivity contribution in [3.05, 3.63) is 113 Å². The zero-order valence-corrected chi connectivity index (χ0v) is 21.8. The van der Waals surface area contributed by atoms with E-state index in [0.29, 0.717) is 37.1 Å². The Morgan fingerprint density at radius 3 is 2.03 bits per heavy atom. The van der Waals surface area contributed by atoms with Gasteiger partial charge < -0.3 is 21.5 Å². The third kappa shape index (κ3) is 6.37. The van der Waals surface area contributed by atoms with E-state index in [9.17, 15) is 9.59 Å². The highest BCUT2D eigenvalue weighted by atomic mass is 16.2. The van der Waals surface area contributed by atoms with Gasteiger partial charge in [0, 0.05) is 13.0 Å². The molecule has 37 heavy (non-hydrogen) atoms. The van der Waals surface area contributed by atoms with Crippen LogP contribution in [0.2, 0.25) is 0 Å². The second-order valence-electron chi connectivity index (χ2n) is 10.5. The molecule has 0 radical (unpaired) electrons. The van der Waals surface area contributed by atoms with Crippen LogP contribution in [0.3, 0.4) is 0 Å². The van der Waals surface area contributed by atoms with Gasteiger partial charge in [-0.2, -0.15) is 0 Å². The van der Waals surface area contributed by atoms with E-state index < -0.39 is 5.54 Å². The third-order valence-electron chi connectivity index (χ3n) is 6.98. The number of nitrogens with zero attached hydrogens (tertiary/aromatic N) is 1. The van der Waals surface area contributed by atoms with Crippen molar-refractivity contribution in [2.24, 2.45) is 5.92 Å². The molecule has 1 aliphatic heterocycles. The van der Waals surface area contributed by atoms with Crippen LogP contribution in [0.25, 0.3) is 5.84 Å². The summed E-state index contributed by atoms with van der Waals surface area (Å²) >= 11 is 0. The van der Waals surface area contributed by atoms with E-state index in [-0.39, 0.29) is 18.0 Å². The summed E-state index contributed by atoms with van der Waals surface area (Å²) in [5.41, 5.74) is 3.32. The number of amides is 3. The molecule has 3 aromatic rings. The number of urea groups is 1. The van der Waals surface area contributed by atoms with Gasteiger partial charge in [0.15, 0.2) is 5.54 Å². The van der Waals surface area contributed by atoms with Crippen molar-refractivity contribution >= 4 is 11.9 Å². The van der Waals surface area contributed by atoms with Crippen molar-refractivity contribution in [2.75, 3.05) is 6.67 Å². The quantitative estimate of drug-likeness (QED) is 0.411. The summed E-state index contributed by atoms with van der Waals surface area (Å²) < 4.78 is 0. The van der Waals surface area contributed by atoms with E-state index in [0.717, 1.165) is 22.3 Å². The van der Waals surface area contributed by atoms with Gasteiger partial charge in [0.1, 0.15) is 6.67 Å². The van der Waals surface area contributed by atoms with E-state index in [1.165, 1.54) is 0 Å². The molecule has 3 amide bonds. The fraction of sp³-hybridized carbons (Fsp3) is 0.333. The maximum absolute atomic E-state index is 13.0. The lowest BCUT2D eigenvalue weighted by Crippen LogP contribution is -3.12. The van der Waals surface area contributed by atoms with Crippen molar-refractivity contribution in [3.63, 3.8) is 0 Å². The van der Waals surface area contributed by atoms with Crippen molar-refractivity contribution in [3.8, 4) is 0 Å². The summed E-state index contributed by atoms with van der Waals surface area (Å²) in [7, 11) is 0. The van der Waals surface area contributed by atoms with Crippen LogP contribution in [0, 0.1) is 5.92 Å². The Balaban J connectivity index is 1.33. The maximum atomic E-state index is 13.0. The Hall–Kier alpha value is -3.68. The number of quaternary nitrogens is 1. The summed E-state index contributed by atoms with van der Waals surface area (Å²) in [6.45, 7) is 7.34. The van der Waals surface area contributed by atoms with Crippen LogP contribution < -0.4 is 15.6 Å². The number of benzene rings is 3. The molecule has 0 aromatic heterocycles. The Bertz CT molecular complexity index is 1140. The first-order chi connectivity index (χ1) is 17.8. The van der Waals surface area contributed by atoms with Gasteiger partial charge in [-0.25, -0.2) is 4.79 Å². The summed E-state index contributed by atoms with van der Waals surface area (Å²) in [4.78, 5) is 27.6. The van der Waals surface area contributed by atoms with Crippen molar-refractivity contribution in [1.82, 2.24) is 15.5 Å². The summed E-state index contributed by atoms with van der Waals surface area (Å²) in [6, 6.07) is 27.3. The molecule has 2 unspecified atom stereocenters. The average Bonchev–Trinajstić information content (AvgIpc) is 3.10. The molecular weight excluding hydrogens is 462 g/mol. The van der Waals surface area contributed by atoms with Gasteiger partial charge in [-0.3, -0.25) is 9.69 Å². The predicted molar refractivity (Wildman–Crippen MR) is 145 cm³/mol. The molecule has 0 spiro atoms. The number of nitrogens with one attached hydrogen (secondary N) is 4. The van der Waals surface area contributed by atoms with Crippen LogP contribution in [-0.2, 0) is 17.9 Å². The van der Waals surface area contributed by atoms with Gasteiger partial charge in [0.2, 0.25) is 0 Å². The number of hydrogen-bond donors (Lipinski definition) is 3. The number of hydrogen-bond acceptors (Lipinski definition) is 2. The molecule has 4 N–H and O–H groups in total.